The van der Waals surface area contributed by atoms with Crippen LogP contribution in [0.5, 0.6) is 0 Å². The topological polar surface area (TPSA) is 42.0 Å². The minimum absolute atomic E-state index is 0.0278. The summed E-state index contributed by atoms with van der Waals surface area (Å²) in [5, 5.41) is -0.0278. The highest BCUT2D eigenvalue weighted by Crippen LogP contribution is 2.28. The summed E-state index contributed by atoms with van der Waals surface area (Å²) in [4.78, 5) is 3.51. The second-order valence-electron chi connectivity index (χ2n) is 5.42. The largest absolute Gasteiger partial charge is 0.242 e. The number of halogens is 2. The van der Waals surface area contributed by atoms with Crippen LogP contribution in [0.2, 0.25) is 5.02 Å². The molecule has 6 heteroatoms. The zero-order valence-corrected chi connectivity index (χ0v) is 13.5. The Balaban J connectivity index is 3.03. The zero-order valence-electron chi connectivity index (χ0n) is 12.0. The summed E-state index contributed by atoms with van der Waals surface area (Å²) in [7, 11) is -1.27. The lowest BCUT2D eigenvalue weighted by Gasteiger charge is -2.25. The molecule has 0 spiro atoms. The first-order valence-corrected chi connectivity index (χ1v) is 7.89. The summed E-state index contributed by atoms with van der Waals surface area (Å²) in [5.74, 6) is -0.712. The van der Waals surface area contributed by atoms with E-state index in [-0.39, 0.29) is 11.1 Å². The number of nitrogens with zero attached hydrogens (tertiary/aromatic N) is 1. The molecule has 1 heterocycles. The Hall–Kier alpha value is -0.780. The number of aromatic nitrogens is 1. The van der Waals surface area contributed by atoms with E-state index < -0.39 is 21.7 Å². The summed E-state index contributed by atoms with van der Waals surface area (Å²) in [6, 6.07) is 1.34. The van der Waals surface area contributed by atoms with Gasteiger partial charge in [0, 0.05) is 12.2 Å². The maximum Gasteiger partial charge on any atom is 0.231 e. The average molecular weight is 319 g/mol. The van der Waals surface area contributed by atoms with Crippen molar-refractivity contribution in [3.05, 3.63) is 41.5 Å². The molecule has 0 saturated heterocycles. The molecular formula is C14H20ClFN2OS. The van der Waals surface area contributed by atoms with E-state index in [4.69, 9.17) is 11.6 Å². The Kier molecular flexibility index (Phi) is 6.30. The molecule has 1 rings (SSSR count). The van der Waals surface area contributed by atoms with Crippen molar-refractivity contribution >= 4 is 22.6 Å². The van der Waals surface area contributed by atoms with Gasteiger partial charge in [-0.3, -0.25) is 0 Å². The van der Waals surface area contributed by atoms with Crippen molar-refractivity contribution in [3.63, 3.8) is 0 Å². The molecule has 0 saturated carbocycles. The van der Waals surface area contributed by atoms with Gasteiger partial charge in [0.15, 0.2) is 0 Å². The van der Waals surface area contributed by atoms with E-state index >= 15 is 0 Å². The van der Waals surface area contributed by atoms with Crippen LogP contribution in [0, 0.1) is 5.95 Å². The summed E-state index contributed by atoms with van der Waals surface area (Å²) >= 11 is 5.96. The van der Waals surface area contributed by atoms with Gasteiger partial charge in [0.2, 0.25) is 5.95 Å². The van der Waals surface area contributed by atoms with Gasteiger partial charge in [-0.1, -0.05) is 17.7 Å². The number of hydrogen-bond acceptors (Lipinski definition) is 2. The van der Waals surface area contributed by atoms with Gasteiger partial charge in [-0.15, -0.1) is 6.58 Å². The minimum Gasteiger partial charge on any atom is -0.242 e. The summed E-state index contributed by atoms with van der Waals surface area (Å²) in [5.41, 5.74) is 0.568. The van der Waals surface area contributed by atoms with Gasteiger partial charge < -0.3 is 0 Å². The molecule has 0 aliphatic heterocycles. The number of pyridine rings is 1. The lowest BCUT2D eigenvalue weighted by molar-refractivity contribution is 0.554. The van der Waals surface area contributed by atoms with E-state index in [0.29, 0.717) is 18.4 Å². The highest BCUT2D eigenvalue weighted by Gasteiger charge is 2.25. The Morgan fingerprint density at radius 3 is 2.80 bits per heavy atom. The van der Waals surface area contributed by atoms with Crippen LogP contribution < -0.4 is 4.72 Å². The summed E-state index contributed by atoms with van der Waals surface area (Å²) in [6.45, 7) is 9.28. The van der Waals surface area contributed by atoms with Gasteiger partial charge in [-0.05, 0) is 45.2 Å². The molecule has 0 aliphatic rings. The first-order chi connectivity index (χ1) is 9.27. The predicted molar refractivity (Wildman–Crippen MR) is 82.4 cm³/mol. The van der Waals surface area contributed by atoms with E-state index in [0.717, 1.165) is 0 Å². The number of rotatable bonds is 6. The SMILES string of the molecule is C=CCC[C@@H](N[S@@](=O)C(C)(C)C)c1ccnc(F)c1Cl. The highest BCUT2D eigenvalue weighted by atomic mass is 35.5. The highest BCUT2D eigenvalue weighted by molar-refractivity contribution is 7.84. The predicted octanol–water partition coefficient (Wildman–Crippen LogP) is 3.93. The first kappa shape index (κ1) is 17.3. The molecule has 0 unspecified atom stereocenters. The lowest BCUT2D eigenvalue weighted by atomic mass is 10.0. The van der Waals surface area contributed by atoms with Gasteiger partial charge >= 0.3 is 0 Å². The summed E-state index contributed by atoms with van der Waals surface area (Å²) in [6.07, 6.45) is 4.47. The molecule has 3 nitrogen and oxygen atoms in total. The van der Waals surface area contributed by atoms with E-state index in [1.807, 2.05) is 20.8 Å². The maximum absolute atomic E-state index is 13.5. The molecule has 0 radical (unpaired) electrons. The third-order valence-corrected chi connectivity index (χ3v) is 4.70. The van der Waals surface area contributed by atoms with Crippen LogP contribution in [0.3, 0.4) is 0 Å². The standard InChI is InChI=1S/C14H20ClFN2OS/c1-5-6-7-11(18-20(19)14(2,3)4)10-8-9-17-13(16)12(10)15/h5,8-9,11,18H,1,6-7H2,2-4H3/t11-,20+/m1/s1. The fraction of sp³-hybridized carbons (Fsp3) is 0.500. The molecule has 20 heavy (non-hydrogen) atoms. The Labute approximate surface area is 127 Å². The smallest absolute Gasteiger partial charge is 0.231 e. The fourth-order valence-corrected chi connectivity index (χ4v) is 2.67. The van der Waals surface area contributed by atoms with Crippen molar-refractivity contribution in [2.24, 2.45) is 0 Å². The average Bonchev–Trinajstić information content (AvgIpc) is 2.36. The molecule has 1 aromatic rings. The molecule has 0 aliphatic carbocycles. The van der Waals surface area contributed by atoms with Crippen molar-refractivity contribution in [2.75, 3.05) is 0 Å². The number of allylic oxidation sites excluding steroid dienone is 1. The summed E-state index contributed by atoms with van der Waals surface area (Å²) < 4.78 is 28.3. The van der Waals surface area contributed by atoms with Crippen molar-refractivity contribution < 1.29 is 8.60 Å². The molecule has 0 amide bonds. The third kappa shape index (κ3) is 4.65. The van der Waals surface area contributed by atoms with Crippen molar-refractivity contribution in [1.82, 2.24) is 9.71 Å². The van der Waals surface area contributed by atoms with Crippen LogP contribution in [0.15, 0.2) is 24.9 Å². The van der Waals surface area contributed by atoms with Crippen LogP contribution >= 0.6 is 11.6 Å². The van der Waals surface area contributed by atoms with Crippen LogP contribution in [-0.2, 0) is 11.0 Å². The fourth-order valence-electron chi connectivity index (χ4n) is 1.57. The molecule has 0 aromatic carbocycles. The van der Waals surface area contributed by atoms with E-state index in [2.05, 4.69) is 16.3 Å². The van der Waals surface area contributed by atoms with E-state index in [1.165, 1.54) is 6.20 Å². The van der Waals surface area contributed by atoms with E-state index in [1.54, 1.807) is 12.1 Å². The Bertz CT molecular complexity index is 502. The number of hydrogen-bond donors (Lipinski definition) is 1. The molecule has 2 atom stereocenters. The molecule has 1 aromatic heterocycles. The van der Waals surface area contributed by atoms with Gasteiger partial charge in [0.05, 0.1) is 15.7 Å². The Morgan fingerprint density at radius 2 is 2.25 bits per heavy atom. The maximum atomic E-state index is 13.5. The zero-order chi connectivity index (χ0) is 15.3. The van der Waals surface area contributed by atoms with Gasteiger partial charge in [-0.25, -0.2) is 13.9 Å². The van der Waals surface area contributed by atoms with Crippen molar-refractivity contribution in [1.29, 1.82) is 0 Å². The monoisotopic (exact) mass is 318 g/mol. The van der Waals surface area contributed by atoms with E-state index in [9.17, 15) is 8.60 Å². The quantitative estimate of drug-likeness (QED) is 0.638. The third-order valence-electron chi connectivity index (χ3n) is 2.72. The van der Waals surface area contributed by atoms with Crippen molar-refractivity contribution in [3.8, 4) is 0 Å². The first-order valence-electron chi connectivity index (χ1n) is 6.36. The van der Waals surface area contributed by atoms with Gasteiger partial charge in [-0.2, -0.15) is 4.39 Å². The normalized spacial score (nSPS) is 14.8. The molecule has 1 N–H and O–H groups in total. The second-order valence-corrected chi connectivity index (χ2v) is 7.80. The van der Waals surface area contributed by atoms with Crippen LogP contribution in [0.25, 0.3) is 0 Å². The molecule has 0 fully saturated rings. The molecular weight excluding hydrogens is 299 g/mol. The van der Waals surface area contributed by atoms with Crippen molar-refractivity contribution in [2.45, 2.75) is 44.4 Å². The van der Waals surface area contributed by atoms with Crippen LogP contribution in [-0.4, -0.2) is 13.9 Å². The Morgan fingerprint density at radius 1 is 1.60 bits per heavy atom. The van der Waals surface area contributed by atoms with Crippen LogP contribution in [0.1, 0.15) is 45.2 Å². The second kappa shape index (κ2) is 7.29. The van der Waals surface area contributed by atoms with Gasteiger partial charge in [0.25, 0.3) is 0 Å². The lowest BCUT2D eigenvalue weighted by Crippen LogP contribution is -2.36. The van der Waals surface area contributed by atoms with Crippen LogP contribution in [0.4, 0.5) is 4.39 Å². The molecule has 0 bridgehead atoms. The van der Waals surface area contributed by atoms with Gasteiger partial charge in [0.1, 0.15) is 5.02 Å². The minimum atomic E-state index is -1.27. The molecule has 112 valence electrons. The number of nitrogens with one attached hydrogen (secondary N) is 1.